The summed E-state index contributed by atoms with van der Waals surface area (Å²) in [5, 5.41) is 2.17. The van der Waals surface area contributed by atoms with Crippen LogP contribution >= 0.6 is 11.8 Å². The minimum absolute atomic E-state index is 0.253. The third-order valence-corrected chi connectivity index (χ3v) is 6.23. The van der Waals surface area contributed by atoms with Crippen LogP contribution in [0, 0.1) is 11.6 Å². The molecule has 4 rings (SSSR count). The summed E-state index contributed by atoms with van der Waals surface area (Å²) in [5.41, 5.74) is -0.650. The molecule has 0 aliphatic carbocycles. The van der Waals surface area contributed by atoms with Crippen molar-refractivity contribution < 1.29 is 18.3 Å². The van der Waals surface area contributed by atoms with Crippen LogP contribution in [0.5, 0.6) is 0 Å². The van der Waals surface area contributed by atoms with Gasteiger partial charge in [-0.15, -0.1) is 6.58 Å². The molecule has 2 nitrogen and oxygen atoms in total. The molecule has 150 valence electrons. The van der Waals surface area contributed by atoms with Gasteiger partial charge in [0, 0.05) is 36.5 Å². The molecule has 0 amide bonds. The van der Waals surface area contributed by atoms with Gasteiger partial charge in [0.15, 0.2) is 0 Å². The zero-order valence-corrected chi connectivity index (χ0v) is 16.8. The van der Waals surface area contributed by atoms with E-state index in [9.17, 15) is 4.39 Å². The van der Waals surface area contributed by atoms with Crippen molar-refractivity contribution in [3.8, 4) is 0 Å². The molecule has 0 spiro atoms. The Hall–Kier alpha value is -2.21. The first kappa shape index (κ1) is 20.1. The molecule has 0 unspecified atom stereocenters. The summed E-state index contributed by atoms with van der Waals surface area (Å²) in [6, 6.07) is 16.4. The molecule has 0 saturated carbocycles. The van der Waals surface area contributed by atoms with E-state index in [4.69, 9.17) is 9.47 Å². The minimum atomic E-state index is -0.905. The second-order valence-corrected chi connectivity index (χ2v) is 8.20. The molecule has 1 fully saturated rings. The highest BCUT2D eigenvalue weighted by atomic mass is 32.2. The highest BCUT2D eigenvalue weighted by Gasteiger charge is 2.38. The van der Waals surface area contributed by atoms with E-state index in [1.54, 1.807) is 6.08 Å². The smallest absolute Gasteiger partial charge is 0.143 e. The Morgan fingerprint density at radius 3 is 2.55 bits per heavy atom. The average molecular weight is 413 g/mol. The molecule has 1 aliphatic rings. The van der Waals surface area contributed by atoms with Gasteiger partial charge < -0.3 is 9.47 Å². The largest absolute Gasteiger partial charge is 0.381 e. The van der Waals surface area contributed by atoms with Gasteiger partial charge in [-0.3, -0.25) is 0 Å². The molecule has 0 aromatic heterocycles. The first-order valence-corrected chi connectivity index (χ1v) is 10.4. The number of hydrogen-bond donors (Lipinski definition) is 0. The molecule has 29 heavy (non-hydrogen) atoms. The van der Waals surface area contributed by atoms with E-state index in [2.05, 4.69) is 6.58 Å². The quantitative estimate of drug-likeness (QED) is 0.432. The molecule has 0 N–H and O–H groups in total. The Morgan fingerprint density at radius 2 is 1.79 bits per heavy atom. The highest BCUT2D eigenvalue weighted by molar-refractivity contribution is 7.99. The molecular formula is C24H22F2O2S. The van der Waals surface area contributed by atoms with Crippen LogP contribution in [0.1, 0.15) is 18.4 Å². The summed E-state index contributed by atoms with van der Waals surface area (Å²) in [5.74, 6) is -0.909. The number of fused-ring (bicyclic) bond motifs is 1. The van der Waals surface area contributed by atoms with Crippen molar-refractivity contribution in [1.82, 2.24) is 0 Å². The van der Waals surface area contributed by atoms with Crippen LogP contribution in [-0.2, 0) is 15.1 Å². The fourth-order valence-electron chi connectivity index (χ4n) is 3.74. The van der Waals surface area contributed by atoms with Gasteiger partial charge >= 0.3 is 0 Å². The molecule has 3 aromatic carbocycles. The zero-order valence-electron chi connectivity index (χ0n) is 16.0. The summed E-state index contributed by atoms with van der Waals surface area (Å²) in [7, 11) is 0. The van der Waals surface area contributed by atoms with Gasteiger partial charge in [-0.25, -0.2) is 8.78 Å². The van der Waals surface area contributed by atoms with E-state index in [0.29, 0.717) is 26.1 Å². The molecule has 1 saturated heterocycles. The van der Waals surface area contributed by atoms with E-state index in [0.717, 1.165) is 15.7 Å². The van der Waals surface area contributed by atoms with Crippen LogP contribution in [0.15, 0.2) is 77.0 Å². The Labute approximate surface area is 173 Å². The van der Waals surface area contributed by atoms with E-state index in [1.165, 1.54) is 23.9 Å². The minimum Gasteiger partial charge on any atom is -0.381 e. The van der Waals surface area contributed by atoms with E-state index in [-0.39, 0.29) is 17.1 Å². The van der Waals surface area contributed by atoms with E-state index in [1.807, 2.05) is 42.5 Å². The fourth-order valence-corrected chi connectivity index (χ4v) is 4.69. The summed E-state index contributed by atoms with van der Waals surface area (Å²) in [6.45, 7) is 4.84. The normalized spacial score (nSPS) is 16.1. The van der Waals surface area contributed by atoms with Gasteiger partial charge in [-0.1, -0.05) is 48.2 Å². The van der Waals surface area contributed by atoms with E-state index < -0.39 is 17.2 Å². The Bertz CT molecular complexity index is 1030. The second kappa shape index (κ2) is 8.66. The van der Waals surface area contributed by atoms with Crippen molar-refractivity contribution in [2.24, 2.45) is 0 Å². The van der Waals surface area contributed by atoms with Crippen LogP contribution in [0.3, 0.4) is 0 Å². The Balaban J connectivity index is 1.72. The van der Waals surface area contributed by atoms with Gasteiger partial charge in [0.25, 0.3) is 0 Å². The van der Waals surface area contributed by atoms with Crippen LogP contribution in [0.4, 0.5) is 8.78 Å². The maximum absolute atomic E-state index is 15.6. The van der Waals surface area contributed by atoms with Gasteiger partial charge in [0.2, 0.25) is 0 Å². The van der Waals surface area contributed by atoms with Crippen LogP contribution in [0.2, 0.25) is 0 Å². The highest BCUT2D eigenvalue weighted by Crippen LogP contribution is 2.42. The van der Waals surface area contributed by atoms with E-state index >= 15 is 4.39 Å². The predicted molar refractivity (Wildman–Crippen MR) is 112 cm³/mol. The lowest BCUT2D eigenvalue weighted by Gasteiger charge is -2.37. The van der Waals surface area contributed by atoms with Crippen LogP contribution in [-0.4, -0.2) is 19.8 Å². The fraction of sp³-hybridized carbons (Fsp3) is 0.250. The molecule has 0 atom stereocenters. The zero-order chi connectivity index (χ0) is 20.3. The third kappa shape index (κ3) is 4.22. The summed E-state index contributed by atoms with van der Waals surface area (Å²) < 4.78 is 41.5. The lowest BCUT2D eigenvalue weighted by Crippen LogP contribution is -2.37. The molecule has 0 radical (unpaired) electrons. The van der Waals surface area contributed by atoms with Gasteiger partial charge in [-0.05, 0) is 35.0 Å². The summed E-state index contributed by atoms with van der Waals surface area (Å²) >= 11 is 1.22. The summed E-state index contributed by atoms with van der Waals surface area (Å²) in [6.07, 6.45) is 2.57. The SMILES string of the molecule is C=CCOC1(c2cc(F)cc(Sc3ccc4ccccc4c3)c2F)CCOCC1. The van der Waals surface area contributed by atoms with Crippen molar-refractivity contribution in [3.63, 3.8) is 0 Å². The lowest BCUT2D eigenvalue weighted by atomic mass is 9.85. The Morgan fingerprint density at radius 1 is 1.03 bits per heavy atom. The third-order valence-electron chi connectivity index (χ3n) is 5.22. The van der Waals surface area contributed by atoms with Crippen molar-refractivity contribution in [1.29, 1.82) is 0 Å². The van der Waals surface area contributed by atoms with Gasteiger partial charge in [0.05, 0.1) is 11.5 Å². The first-order valence-electron chi connectivity index (χ1n) is 9.60. The lowest BCUT2D eigenvalue weighted by molar-refractivity contribution is -0.109. The average Bonchev–Trinajstić information content (AvgIpc) is 2.75. The van der Waals surface area contributed by atoms with Crippen molar-refractivity contribution >= 4 is 22.5 Å². The van der Waals surface area contributed by atoms with Gasteiger partial charge in [-0.2, -0.15) is 0 Å². The molecule has 5 heteroatoms. The maximum atomic E-state index is 15.6. The molecule has 1 heterocycles. The Kier molecular flexibility index (Phi) is 5.99. The number of halogens is 2. The predicted octanol–water partition coefficient (Wildman–Crippen LogP) is 6.48. The maximum Gasteiger partial charge on any atom is 0.143 e. The van der Waals surface area contributed by atoms with Crippen molar-refractivity contribution in [2.75, 3.05) is 19.8 Å². The van der Waals surface area contributed by atoms with Crippen LogP contribution < -0.4 is 0 Å². The van der Waals surface area contributed by atoms with Crippen molar-refractivity contribution in [2.45, 2.75) is 28.2 Å². The number of hydrogen-bond acceptors (Lipinski definition) is 3. The molecular weight excluding hydrogens is 390 g/mol. The monoisotopic (exact) mass is 412 g/mol. The standard InChI is InChI=1S/C24H22F2O2S/c1-2-11-28-24(9-12-27-13-10-24)21-15-19(25)16-22(23(21)26)29-20-8-7-17-5-3-4-6-18(17)14-20/h2-8,14-16H,1,9-13H2. The topological polar surface area (TPSA) is 18.5 Å². The van der Waals surface area contributed by atoms with Crippen molar-refractivity contribution in [3.05, 3.63) is 84.5 Å². The van der Waals surface area contributed by atoms with Gasteiger partial charge in [0.1, 0.15) is 17.2 Å². The van der Waals surface area contributed by atoms with Crippen LogP contribution in [0.25, 0.3) is 10.8 Å². The molecule has 3 aromatic rings. The number of ether oxygens (including phenoxy) is 2. The second-order valence-electron chi connectivity index (χ2n) is 7.08. The number of benzene rings is 3. The first-order chi connectivity index (χ1) is 14.1. The number of rotatable bonds is 6. The summed E-state index contributed by atoms with van der Waals surface area (Å²) in [4.78, 5) is 1.11. The molecule has 1 aliphatic heterocycles. The molecule has 0 bridgehead atoms.